The van der Waals surface area contributed by atoms with E-state index >= 15 is 0 Å². The van der Waals surface area contributed by atoms with Gasteiger partial charge in [0.25, 0.3) is 0 Å². The molecular formula is C16H18N2O. The Balaban J connectivity index is 2.42. The number of ketones is 1. The molecular weight excluding hydrogens is 236 g/mol. The van der Waals surface area contributed by atoms with Crippen LogP contribution in [0, 0.1) is 12.8 Å². The fourth-order valence-electron chi connectivity index (χ4n) is 1.94. The Labute approximate surface area is 113 Å². The highest BCUT2D eigenvalue weighted by atomic mass is 16.1. The highest BCUT2D eigenvalue weighted by Crippen LogP contribution is 2.24. The minimum atomic E-state index is -0.0976. The molecule has 0 spiro atoms. The zero-order chi connectivity index (χ0) is 14.0. The van der Waals surface area contributed by atoms with Crippen LogP contribution >= 0.6 is 0 Å². The van der Waals surface area contributed by atoms with Gasteiger partial charge in [0.2, 0.25) is 0 Å². The van der Waals surface area contributed by atoms with Crippen LogP contribution in [-0.4, -0.2) is 10.8 Å². The maximum absolute atomic E-state index is 11.9. The molecule has 0 saturated heterocycles. The van der Waals surface area contributed by atoms with E-state index < -0.39 is 0 Å². The third kappa shape index (κ3) is 2.81. The molecule has 3 nitrogen and oxygen atoms in total. The molecule has 0 amide bonds. The van der Waals surface area contributed by atoms with Crippen LogP contribution in [-0.2, 0) is 0 Å². The lowest BCUT2D eigenvalue weighted by molar-refractivity contribution is 0.0935. The maximum atomic E-state index is 11.9. The van der Waals surface area contributed by atoms with Gasteiger partial charge in [0.05, 0.1) is 5.69 Å². The Bertz CT molecular complexity index is 618. The van der Waals surface area contributed by atoms with E-state index in [1.54, 1.807) is 6.20 Å². The molecule has 0 unspecified atom stereocenters. The third-order valence-corrected chi connectivity index (χ3v) is 3.03. The van der Waals surface area contributed by atoms with Crippen LogP contribution in [0.2, 0.25) is 0 Å². The van der Waals surface area contributed by atoms with Crippen molar-refractivity contribution in [1.29, 1.82) is 0 Å². The normalized spacial score (nSPS) is 10.7. The van der Waals surface area contributed by atoms with E-state index in [9.17, 15) is 4.79 Å². The lowest BCUT2D eigenvalue weighted by atomic mass is 10.0. The summed E-state index contributed by atoms with van der Waals surface area (Å²) in [5, 5.41) is 0. The molecule has 0 aliphatic heterocycles. The molecule has 1 aromatic carbocycles. The monoisotopic (exact) mass is 254 g/mol. The molecule has 0 fully saturated rings. The number of hydrogen-bond donors (Lipinski definition) is 1. The molecule has 0 radical (unpaired) electrons. The molecule has 98 valence electrons. The van der Waals surface area contributed by atoms with Gasteiger partial charge in [-0.1, -0.05) is 43.7 Å². The Morgan fingerprint density at radius 2 is 1.95 bits per heavy atom. The van der Waals surface area contributed by atoms with Crippen LogP contribution in [0.25, 0.3) is 11.1 Å². The molecule has 1 heterocycles. The summed E-state index contributed by atoms with van der Waals surface area (Å²) in [6.45, 7) is 5.73. The first kappa shape index (κ1) is 13.3. The first-order valence-corrected chi connectivity index (χ1v) is 6.36. The van der Waals surface area contributed by atoms with Crippen LogP contribution in [0.15, 0.2) is 36.5 Å². The maximum Gasteiger partial charge on any atom is 0.185 e. The summed E-state index contributed by atoms with van der Waals surface area (Å²) >= 11 is 0. The molecule has 1 aromatic heterocycles. The van der Waals surface area contributed by atoms with Gasteiger partial charge in [0.15, 0.2) is 5.78 Å². The van der Waals surface area contributed by atoms with Gasteiger partial charge < -0.3 is 5.73 Å². The summed E-state index contributed by atoms with van der Waals surface area (Å²) in [5.74, 6) is -0.118. The topological polar surface area (TPSA) is 56.0 Å². The summed E-state index contributed by atoms with van der Waals surface area (Å²) in [6.07, 6.45) is 1.71. The summed E-state index contributed by atoms with van der Waals surface area (Å²) in [6, 6.07) is 9.93. The number of pyridine rings is 1. The van der Waals surface area contributed by atoms with E-state index in [2.05, 4.69) is 11.1 Å². The van der Waals surface area contributed by atoms with Crippen molar-refractivity contribution in [3.63, 3.8) is 0 Å². The lowest BCUT2D eigenvalue weighted by Crippen LogP contribution is -2.12. The number of carbonyl (C=O) groups excluding carboxylic acids is 1. The van der Waals surface area contributed by atoms with Crippen LogP contribution in [0.4, 0.5) is 5.69 Å². The van der Waals surface area contributed by atoms with Crippen LogP contribution in [0.5, 0.6) is 0 Å². The summed E-state index contributed by atoms with van der Waals surface area (Å²) in [7, 11) is 0. The van der Waals surface area contributed by atoms with Crippen LogP contribution in [0.1, 0.15) is 29.9 Å². The molecule has 0 bridgehead atoms. The number of aryl methyl sites for hydroxylation is 1. The van der Waals surface area contributed by atoms with Crippen molar-refractivity contribution >= 4 is 11.5 Å². The van der Waals surface area contributed by atoms with Crippen molar-refractivity contribution < 1.29 is 4.79 Å². The van der Waals surface area contributed by atoms with Gasteiger partial charge in [-0.15, -0.1) is 0 Å². The van der Waals surface area contributed by atoms with Gasteiger partial charge in [0.1, 0.15) is 5.69 Å². The van der Waals surface area contributed by atoms with E-state index in [1.807, 2.05) is 45.0 Å². The fraction of sp³-hybridized carbons (Fsp3) is 0.250. The molecule has 0 saturated carbocycles. The molecule has 0 atom stereocenters. The number of nitrogens with two attached hydrogens (primary N) is 1. The quantitative estimate of drug-likeness (QED) is 0.853. The number of Topliss-reactive ketones (excluding diaryl/α,β-unsaturated/α-hetero) is 1. The number of rotatable bonds is 3. The van der Waals surface area contributed by atoms with E-state index in [0.717, 1.165) is 11.1 Å². The van der Waals surface area contributed by atoms with Gasteiger partial charge in [0, 0.05) is 17.7 Å². The lowest BCUT2D eigenvalue weighted by Gasteiger charge is -2.09. The van der Waals surface area contributed by atoms with Crippen LogP contribution < -0.4 is 5.73 Å². The first-order chi connectivity index (χ1) is 8.99. The number of hydrogen-bond acceptors (Lipinski definition) is 3. The van der Waals surface area contributed by atoms with E-state index in [0.29, 0.717) is 11.4 Å². The highest BCUT2D eigenvalue weighted by molar-refractivity contribution is 6.00. The summed E-state index contributed by atoms with van der Waals surface area (Å²) in [5.41, 5.74) is 9.93. The van der Waals surface area contributed by atoms with E-state index in [-0.39, 0.29) is 11.7 Å². The Morgan fingerprint density at radius 1 is 1.21 bits per heavy atom. The molecule has 19 heavy (non-hydrogen) atoms. The average Bonchev–Trinajstić information content (AvgIpc) is 2.37. The number of carbonyl (C=O) groups is 1. The largest absolute Gasteiger partial charge is 0.397 e. The minimum absolute atomic E-state index is 0.0201. The number of nitrogen functional groups attached to an aromatic ring is 1. The fourth-order valence-corrected chi connectivity index (χ4v) is 1.94. The number of anilines is 1. The van der Waals surface area contributed by atoms with Gasteiger partial charge >= 0.3 is 0 Å². The molecule has 0 aliphatic rings. The van der Waals surface area contributed by atoms with Crippen molar-refractivity contribution in [2.24, 2.45) is 5.92 Å². The second-order valence-electron chi connectivity index (χ2n) is 5.05. The summed E-state index contributed by atoms with van der Waals surface area (Å²) < 4.78 is 0. The third-order valence-electron chi connectivity index (χ3n) is 3.03. The van der Waals surface area contributed by atoms with Gasteiger partial charge in [-0.2, -0.15) is 0 Å². The minimum Gasteiger partial charge on any atom is -0.397 e. The molecule has 2 rings (SSSR count). The van der Waals surface area contributed by atoms with Crippen molar-refractivity contribution in [2.45, 2.75) is 20.8 Å². The predicted molar refractivity (Wildman–Crippen MR) is 78.0 cm³/mol. The molecule has 0 aliphatic carbocycles. The van der Waals surface area contributed by atoms with Crippen molar-refractivity contribution in [2.75, 3.05) is 5.73 Å². The number of benzene rings is 1. The SMILES string of the molecule is Cc1cccc(-c2cnc(C(=O)C(C)C)c(N)c2)c1. The molecule has 2 N–H and O–H groups in total. The van der Waals surface area contributed by atoms with Crippen molar-refractivity contribution in [1.82, 2.24) is 4.98 Å². The average molecular weight is 254 g/mol. The molecule has 3 heteroatoms. The first-order valence-electron chi connectivity index (χ1n) is 6.36. The van der Waals surface area contributed by atoms with E-state index in [4.69, 9.17) is 5.73 Å². The van der Waals surface area contributed by atoms with Gasteiger partial charge in [-0.05, 0) is 18.6 Å². The van der Waals surface area contributed by atoms with Crippen molar-refractivity contribution in [3.8, 4) is 11.1 Å². The zero-order valence-electron chi connectivity index (χ0n) is 11.5. The zero-order valence-corrected chi connectivity index (χ0v) is 11.5. The van der Waals surface area contributed by atoms with E-state index in [1.165, 1.54) is 5.56 Å². The smallest absolute Gasteiger partial charge is 0.185 e. The Hall–Kier alpha value is -2.16. The van der Waals surface area contributed by atoms with Gasteiger partial charge in [-0.25, -0.2) is 0 Å². The number of nitrogens with zero attached hydrogens (tertiary/aromatic N) is 1. The van der Waals surface area contributed by atoms with Gasteiger partial charge in [-0.3, -0.25) is 9.78 Å². The molecule has 2 aromatic rings. The second kappa shape index (κ2) is 5.22. The Morgan fingerprint density at radius 3 is 2.53 bits per heavy atom. The van der Waals surface area contributed by atoms with Crippen molar-refractivity contribution in [3.05, 3.63) is 47.8 Å². The Kier molecular flexibility index (Phi) is 3.65. The predicted octanol–water partition coefficient (Wildman–Crippen LogP) is 3.48. The highest BCUT2D eigenvalue weighted by Gasteiger charge is 2.15. The second-order valence-corrected chi connectivity index (χ2v) is 5.05. The summed E-state index contributed by atoms with van der Waals surface area (Å²) in [4.78, 5) is 16.2. The van der Waals surface area contributed by atoms with Crippen LogP contribution in [0.3, 0.4) is 0 Å². The number of aromatic nitrogens is 1. The standard InChI is InChI=1S/C16H18N2O/c1-10(2)16(19)15-14(17)8-13(9-18-15)12-6-4-5-11(3)7-12/h4-10H,17H2,1-3H3.